The van der Waals surface area contributed by atoms with Gasteiger partial charge in [0.25, 0.3) is 11.8 Å². The van der Waals surface area contributed by atoms with Crippen molar-refractivity contribution < 1.29 is 24.5 Å². The minimum absolute atomic E-state index is 0.184. The molecule has 22 heavy (non-hydrogen) atoms. The molecule has 0 spiro atoms. The average Bonchev–Trinajstić information content (AvgIpc) is 2.54. The molecule has 0 unspecified atom stereocenters. The molecular formula is C14H15N3O5. The topological polar surface area (TPSA) is 114 Å². The molecule has 0 fully saturated rings. The van der Waals surface area contributed by atoms with E-state index in [-0.39, 0.29) is 12.2 Å². The summed E-state index contributed by atoms with van der Waals surface area (Å²) in [6.45, 7) is 0.184. The summed E-state index contributed by atoms with van der Waals surface area (Å²) < 4.78 is 10.3. The molecule has 116 valence electrons. The monoisotopic (exact) mass is 305 g/mol. The number of carbonyl (C=O) groups excluding carboxylic acids is 1. The molecule has 0 bridgehead atoms. The number of aromatic hydroxyl groups is 2. The maximum Gasteiger partial charge on any atom is 0.274 e. The first-order valence-corrected chi connectivity index (χ1v) is 6.28. The molecular weight excluding hydrogens is 290 g/mol. The van der Waals surface area contributed by atoms with Crippen LogP contribution in [0.25, 0.3) is 0 Å². The van der Waals surface area contributed by atoms with Crippen molar-refractivity contribution in [3.8, 4) is 23.1 Å². The first-order chi connectivity index (χ1) is 10.6. The van der Waals surface area contributed by atoms with Crippen LogP contribution in [0.4, 0.5) is 0 Å². The minimum Gasteiger partial charge on any atom is -0.501 e. The van der Waals surface area contributed by atoms with Gasteiger partial charge >= 0.3 is 0 Å². The number of nitrogens with one attached hydrogen (secondary N) is 1. The van der Waals surface area contributed by atoms with Gasteiger partial charge < -0.3 is 25.0 Å². The Hall–Kier alpha value is -3.03. The predicted octanol–water partition coefficient (Wildman–Crippen LogP) is 0.835. The number of amides is 1. The van der Waals surface area contributed by atoms with Crippen molar-refractivity contribution in [3.05, 3.63) is 35.8 Å². The van der Waals surface area contributed by atoms with Crippen LogP contribution in [0.5, 0.6) is 23.1 Å². The Bertz CT molecular complexity index is 690. The van der Waals surface area contributed by atoms with E-state index in [0.717, 1.165) is 11.9 Å². The Labute approximate surface area is 126 Å². The van der Waals surface area contributed by atoms with Crippen molar-refractivity contribution in [3.63, 3.8) is 0 Å². The molecule has 1 heterocycles. The Morgan fingerprint density at radius 1 is 1.18 bits per heavy atom. The molecule has 1 aromatic carbocycles. The van der Waals surface area contributed by atoms with Crippen molar-refractivity contribution >= 4 is 5.91 Å². The first-order valence-electron chi connectivity index (χ1n) is 6.28. The van der Waals surface area contributed by atoms with Crippen LogP contribution in [0, 0.1) is 0 Å². The number of aromatic nitrogens is 2. The standard InChI is InChI=1S/C14H15N3O5/c1-21-9-4-3-8(5-10(9)22-2)6-15-13(19)11-12(18)14(20)17-7-16-11/h3-5,7,18H,6H2,1-2H3,(H,15,19)(H,16,17,20). The second-order valence-corrected chi connectivity index (χ2v) is 4.27. The van der Waals surface area contributed by atoms with Gasteiger partial charge in [-0.3, -0.25) is 4.79 Å². The van der Waals surface area contributed by atoms with Crippen molar-refractivity contribution in [1.82, 2.24) is 15.3 Å². The first kappa shape index (κ1) is 15.4. The van der Waals surface area contributed by atoms with Gasteiger partial charge in [0.15, 0.2) is 17.2 Å². The van der Waals surface area contributed by atoms with E-state index in [1.165, 1.54) is 14.2 Å². The fourth-order valence-corrected chi connectivity index (χ4v) is 1.79. The van der Waals surface area contributed by atoms with Crippen LogP contribution in [0.3, 0.4) is 0 Å². The summed E-state index contributed by atoms with van der Waals surface area (Å²) >= 11 is 0. The number of hydrogen-bond acceptors (Lipinski definition) is 7. The fraction of sp³-hybridized carbons (Fsp3) is 0.214. The van der Waals surface area contributed by atoms with Gasteiger partial charge in [0.2, 0.25) is 5.75 Å². The molecule has 1 amide bonds. The summed E-state index contributed by atoms with van der Waals surface area (Å²) in [6, 6.07) is 5.20. The van der Waals surface area contributed by atoms with E-state index >= 15 is 0 Å². The van der Waals surface area contributed by atoms with Crippen LogP contribution in [0.1, 0.15) is 16.1 Å². The third kappa shape index (κ3) is 3.17. The SMILES string of the molecule is COc1ccc(CNC(=O)c2ncnc(O)c2O)cc1OC. The van der Waals surface area contributed by atoms with E-state index in [0.29, 0.717) is 11.5 Å². The highest BCUT2D eigenvalue weighted by molar-refractivity contribution is 5.95. The lowest BCUT2D eigenvalue weighted by Crippen LogP contribution is -2.24. The van der Waals surface area contributed by atoms with E-state index in [1.807, 2.05) is 0 Å². The molecule has 0 atom stereocenters. The van der Waals surface area contributed by atoms with Crippen LogP contribution in [0.15, 0.2) is 24.5 Å². The molecule has 0 aliphatic heterocycles. The Balaban J connectivity index is 2.09. The smallest absolute Gasteiger partial charge is 0.274 e. The summed E-state index contributed by atoms with van der Waals surface area (Å²) in [4.78, 5) is 18.9. The lowest BCUT2D eigenvalue weighted by molar-refractivity contribution is 0.0941. The summed E-state index contributed by atoms with van der Waals surface area (Å²) in [5.74, 6) is -0.823. The molecule has 8 heteroatoms. The van der Waals surface area contributed by atoms with Crippen LogP contribution in [-0.4, -0.2) is 40.3 Å². The molecule has 0 radical (unpaired) electrons. The maximum atomic E-state index is 11.9. The van der Waals surface area contributed by atoms with E-state index < -0.39 is 17.5 Å². The second kappa shape index (κ2) is 6.61. The zero-order valence-electron chi connectivity index (χ0n) is 12.0. The van der Waals surface area contributed by atoms with Gasteiger partial charge in [-0.05, 0) is 17.7 Å². The van der Waals surface area contributed by atoms with Crippen molar-refractivity contribution in [2.75, 3.05) is 14.2 Å². The summed E-state index contributed by atoms with van der Waals surface area (Å²) in [6.07, 6.45) is 0.986. The largest absolute Gasteiger partial charge is 0.501 e. The number of carbonyl (C=O) groups is 1. The Morgan fingerprint density at radius 3 is 2.59 bits per heavy atom. The average molecular weight is 305 g/mol. The minimum atomic E-state index is -0.660. The number of rotatable bonds is 5. The molecule has 3 N–H and O–H groups in total. The molecule has 0 saturated heterocycles. The van der Waals surface area contributed by atoms with Crippen molar-refractivity contribution in [2.24, 2.45) is 0 Å². The van der Waals surface area contributed by atoms with Gasteiger partial charge in [0.05, 0.1) is 14.2 Å². The summed E-state index contributed by atoms with van der Waals surface area (Å²) in [5.41, 5.74) is 0.469. The summed E-state index contributed by atoms with van der Waals surface area (Å²) in [5, 5.41) is 21.4. The van der Waals surface area contributed by atoms with Crippen molar-refractivity contribution in [1.29, 1.82) is 0 Å². The molecule has 0 aliphatic rings. The van der Waals surface area contributed by atoms with Gasteiger partial charge in [0.1, 0.15) is 6.33 Å². The third-order valence-electron chi connectivity index (χ3n) is 2.92. The molecule has 2 aromatic rings. The highest BCUT2D eigenvalue weighted by Crippen LogP contribution is 2.27. The highest BCUT2D eigenvalue weighted by Gasteiger charge is 2.16. The molecule has 8 nitrogen and oxygen atoms in total. The van der Waals surface area contributed by atoms with Gasteiger partial charge in [-0.1, -0.05) is 6.07 Å². The van der Waals surface area contributed by atoms with Crippen molar-refractivity contribution in [2.45, 2.75) is 6.54 Å². The highest BCUT2D eigenvalue weighted by atomic mass is 16.5. The van der Waals surface area contributed by atoms with Crippen LogP contribution >= 0.6 is 0 Å². The number of hydrogen-bond donors (Lipinski definition) is 3. The van der Waals surface area contributed by atoms with Crippen LogP contribution in [-0.2, 0) is 6.54 Å². The number of nitrogens with zero attached hydrogens (tertiary/aromatic N) is 2. The van der Waals surface area contributed by atoms with Crippen LogP contribution < -0.4 is 14.8 Å². The molecule has 2 rings (SSSR count). The van der Waals surface area contributed by atoms with E-state index in [1.54, 1.807) is 18.2 Å². The quantitative estimate of drug-likeness (QED) is 0.749. The third-order valence-corrected chi connectivity index (χ3v) is 2.92. The van der Waals surface area contributed by atoms with Gasteiger partial charge in [-0.2, -0.15) is 4.98 Å². The van der Waals surface area contributed by atoms with E-state index in [9.17, 15) is 15.0 Å². The van der Waals surface area contributed by atoms with E-state index in [2.05, 4.69) is 15.3 Å². The van der Waals surface area contributed by atoms with E-state index in [4.69, 9.17) is 9.47 Å². The predicted molar refractivity (Wildman–Crippen MR) is 76.1 cm³/mol. The Morgan fingerprint density at radius 2 is 1.91 bits per heavy atom. The zero-order chi connectivity index (χ0) is 16.1. The van der Waals surface area contributed by atoms with Crippen LogP contribution in [0.2, 0.25) is 0 Å². The fourth-order valence-electron chi connectivity index (χ4n) is 1.79. The lowest BCUT2D eigenvalue weighted by atomic mass is 10.2. The molecule has 1 aromatic heterocycles. The number of ether oxygens (including phenoxy) is 2. The normalized spacial score (nSPS) is 10.1. The lowest BCUT2D eigenvalue weighted by Gasteiger charge is -2.10. The number of benzene rings is 1. The maximum absolute atomic E-state index is 11.9. The zero-order valence-corrected chi connectivity index (χ0v) is 12.0. The summed E-state index contributed by atoms with van der Waals surface area (Å²) in [7, 11) is 3.05. The van der Waals surface area contributed by atoms with Gasteiger partial charge in [0, 0.05) is 6.54 Å². The molecule has 0 saturated carbocycles. The number of methoxy groups -OCH3 is 2. The Kier molecular flexibility index (Phi) is 4.62. The van der Waals surface area contributed by atoms with Gasteiger partial charge in [-0.15, -0.1) is 0 Å². The molecule has 0 aliphatic carbocycles. The second-order valence-electron chi connectivity index (χ2n) is 4.27. The van der Waals surface area contributed by atoms with Gasteiger partial charge in [-0.25, -0.2) is 4.98 Å².